The zero-order valence-electron chi connectivity index (χ0n) is 14.3. The standard InChI is InChI=1S/C17H21N3O3S/c1-5-23-16(21)14-10-19-17(24(4)22)20-15(14)18-9-13-7-6-11(2)12(3)8-13/h6-8,10H,5,9H2,1-4H3,(H,18,19,20). The molecule has 7 heteroatoms. The highest BCUT2D eigenvalue weighted by atomic mass is 32.2. The molecule has 1 N–H and O–H groups in total. The summed E-state index contributed by atoms with van der Waals surface area (Å²) >= 11 is -1.33. The molecule has 6 nitrogen and oxygen atoms in total. The summed E-state index contributed by atoms with van der Waals surface area (Å²) in [5.74, 6) is -0.180. The molecule has 2 rings (SSSR count). The van der Waals surface area contributed by atoms with Crippen LogP contribution < -0.4 is 5.32 Å². The van der Waals surface area contributed by atoms with Gasteiger partial charge in [0, 0.05) is 17.7 Å². The van der Waals surface area contributed by atoms with Crippen molar-refractivity contribution in [2.45, 2.75) is 32.5 Å². The van der Waals surface area contributed by atoms with Crippen molar-refractivity contribution in [1.29, 1.82) is 0 Å². The molecular weight excluding hydrogens is 326 g/mol. The average Bonchev–Trinajstić information content (AvgIpc) is 2.55. The molecule has 0 amide bonds. The van der Waals surface area contributed by atoms with Gasteiger partial charge in [-0.3, -0.25) is 0 Å². The fourth-order valence-corrected chi connectivity index (χ4v) is 2.52. The van der Waals surface area contributed by atoms with Gasteiger partial charge < -0.3 is 14.6 Å². The Hall–Kier alpha value is -2.12. The van der Waals surface area contributed by atoms with E-state index in [2.05, 4.69) is 28.3 Å². The van der Waals surface area contributed by atoms with E-state index in [1.807, 2.05) is 19.1 Å². The van der Waals surface area contributed by atoms with E-state index in [1.165, 1.54) is 23.6 Å². The number of anilines is 1. The van der Waals surface area contributed by atoms with Crippen molar-refractivity contribution in [3.8, 4) is 0 Å². The molecule has 1 atom stereocenters. The van der Waals surface area contributed by atoms with E-state index in [-0.39, 0.29) is 17.3 Å². The predicted molar refractivity (Wildman–Crippen MR) is 93.6 cm³/mol. The molecule has 0 aliphatic heterocycles. The Morgan fingerprint density at radius 3 is 2.71 bits per heavy atom. The summed E-state index contributed by atoms with van der Waals surface area (Å²) in [4.78, 5) is 20.2. The molecule has 24 heavy (non-hydrogen) atoms. The largest absolute Gasteiger partial charge is 0.609 e. The minimum Gasteiger partial charge on any atom is -0.609 e. The molecule has 0 saturated heterocycles. The smallest absolute Gasteiger partial charge is 0.344 e. The predicted octanol–water partition coefficient (Wildman–Crippen LogP) is 2.62. The summed E-state index contributed by atoms with van der Waals surface area (Å²) in [6.07, 6.45) is 2.84. The summed E-state index contributed by atoms with van der Waals surface area (Å²) in [6.45, 7) is 6.58. The van der Waals surface area contributed by atoms with Crippen LogP contribution in [0.1, 0.15) is 34.0 Å². The first-order valence-electron chi connectivity index (χ1n) is 7.60. The molecule has 0 fully saturated rings. The van der Waals surface area contributed by atoms with E-state index in [4.69, 9.17) is 4.74 Å². The van der Waals surface area contributed by atoms with E-state index >= 15 is 0 Å². The van der Waals surface area contributed by atoms with Crippen molar-refractivity contribution in [2.75, 3.05) is 18.2 Å². The van der Waals surface area contributed by atoms with Gasteiger partial charge in [-0.05, 0) is 37.5 Å². The molecule has 1 aromatic carbocycles. The van der Waals surface area contributed by atoms with Crippen LogP contribution in [0.5, 0.6) is 0 Å². The van der Waals surface area contributed by atoms with Gasteiger partial charge in [-0.2, -0.15) is 9.97 Å². The maximum absolute atomic E-state index is 12.0. The van der Waals surface area contributed by atoms with Crippen LogP contribution in [0.25, 0.3) is 0 Å². The summed E-state index contributed by atoms with van der Waals surface area (Å²) in [5, 5.41) is 3.30. The number of benzene rings is 1. The Morgan fingerprint density at radius 2 is 2.08 bits per heavy atom. The van der Waals surface area contributed by atoms with E-state index in [9.17, 15) is 9.35 Å². The second-order valence-electron chi connectivity index (χ2n) is 5.36. The number of esters is 1. The third kappa shape index (κ3) is 4.46. The molecule has 0 aliphatic carbocycles. The molecule has 1 heterocycles. The first-order valence-corrected chi connectivity index (χ1v) is 9.15. The minimum absolute atomic E-state index is 0.172. The molecule has 0 radical (unpaired) electrons. The first kappa shape index (κ1) is 18.2. The Morgan fingerprint density at radius 1 is 1.33 bits per heavy atom. The quantitative estimate of drug-likeness (QED) is 0.491. The molecule has 1 aromatic heterocycles. The topological polar surface area (TPSA) is 87.2 Å². The number of rotatable bonds is 6. The summed E-state index contributed by atoms with van der Waals surface area (Å²) in [7, 11) is 0. The lowest BCUT2D eigenvalue weighted by atomic mass is 10.1. The molecule has 0 aliphatic rings. The number of ether oxygens (including phenoxy) is 1. The second kappa shape index (κ2) is 8.12. The minimum atomic E-state index is -1.33. The van der Waals surface area contributed by atoms with Gasteiger partial charge >= 0.3 is 11.1 Å². The third-order valence-corrected chi connectivity index (χ3v) is 4.26. The summed E-state index contributed by atoms with van der Waals surface area (Å²) in [5.41, 5.74) is 3.70. The maximum atomic E-state index is 12.0. The first-order chi connectivity index (χ1) is 11.4. The van der Waals surface area contributed by atoms with Crippen molar-refractivity contribution in [3.05, 3.63) is 46.6 Å². The van der Waals surface area contributed by atoms with Crippen LogP contribution in [-0.4, -0.2) is 33.4 Å². The molecular formula is C17H21N3O3S. The van der Waals surface area contributed by atoms with Gasteiger partial charge in [0.25, 0.3) is 0 Å². The van der Waals surface area contributed by atoms with Crippen LogP contribution in [0.2, 0.25) is 0 Å². The van der Waals surface area contributed by atoms with E-state index in [0.29, 0.717) is 12.4 Å². The fraction of sp³-hybridized carbons (Fsp3) is 0.353. The van der Waals surface area contributed by atoms with Gasteiger partial charge in [0.1, 0.15) is 17.6 Å². The van der Waals surface area contributed by atoms with Crippen molar-refractivity contribution >= 4 is 23.0 Å². The molecule has 128 valence electrons. The van der Waals surface area contributed by atoms with E-state index in [1.54, 1.807) is 6.92 Å². The molecule has 0 spiro atoms. The number of hydrogen-bond donors (Lipinski definition) is 1. The Bertz CT molecular complexity index is 735. The van der Waals surface area contributed by atoms with Gasteiger partial charge in [-0.1, -0.05) is 18.2 Å². The zero-order valence-corrected chi connectivity index (χ0v) is 15.1. The highest BCUT2D eigenvalue weighted by Gasteiger charge is 2.19. The van der Waals surface area contributed by atoms with Crippen molar-refractivity contribution < 1.29 is 14.1 Å². The Kier molecular flexibility index (Phi) is 6.16. The lowest BCUT2D eigenvalue weighted by Crippen LogP contribution is -2.15. The van der Waals surface area contributed by atoms with Crippen LogP contribution in [-0.2, 0) is 22.5 Å². The lowest BCUT2D eigenvalue weighted by Gasteiger charge is -2.12. The van der Waals surface area contributed by atoms with Crippen molar-refractivity contribution in [1.82, 2.24) is 9.97 Å². The van der Waals surface area contributed by atoms with Gasteiger partial charge in [0.05, 0.1) is 12.8 Å². The number of aryl methyl sites for hydroxylation is 2. The number of carbonyl (C=O) groups excluding carboxylic acids is 1. The molecule has 0 bridgehead atoms. The zero-order chi connectivity index (χ0) is 17.7. The van der Waals surface area contributed by atoms with Crippen molar-refractivity contribution in [2.24, 2.45) is 0 Å². The monoisotopic (exact) mass is 347 g/mol. The molecule has 0 saturated carbocycles. The summed E-state index contributed by atoms with van der Waals surface area (Å²) < 4.78 is 16.6. The number of nitrogens with zero attached hydrogens (tertiary/aromatic N) is 2. The average molecular weight is 347 g/mol. The lowest BCUT2D eigenvalue weighted by molar-refractivity contribution is 0.0526. The Balaban J connectivity index is 2.26. The van der Waals surface area contributed by atoms with Gasteiger partial charge in [0.15, 0.2) is 0 Å². The maximum Gasteiger partial charge on any atom is 0.344 e. The normalized spacial score (nSPS) is 11.9. The van der Waals surface area contributed by atoms with Gasteiger partial charge in [-0.25, -0.2) is 4.79 Å². The van der Waals surface area contributed by atoms with E-state index < -0.39 is 17.1 Å². The van der Waals surface area contributed by atoms with Crippen LogP contribution in [0.4, 0.5) is 5.82 Å². The number of hydrogen-bond acceptors (Lipinski definition) is 6. The summed E-state index contributed by atoms with van der Waals surface area (Å²) in [6, 6.07) is 6.14. The van der Waals surface area contributed by atoms with Gasteiger partial charge in [0.2, 0.25) is 0 Å². The van der Waals surface area contributed by atoms with Crippen LogP contribution in [0.3, 0.4) is 0 Å². The number of aromatic nitrogens is 2. The van der Waals surface area contributed by atoms with Crippen LogP contribution >= 0.6 is 0 Å². The highest BCUT2D eigenvalue weighted by molar-refractivity contribution is 7.90. The molecule has 1 unspecified atom stereocenters. The highest BCUT2D eigenvalue weighted by Crippen LogP contribution is 2.17. The Labute approximate surface area is 144 Å². The number of nitrogens with one attached hydrogen (secondary N) is 1. The second-order valence-corrected chi connectivity index (χ2v) is 6.64. The molecule has 2 aromatic rings. The van der Waals surface area contributed by atoms with E-state index in [0.717, 1.165) is 5.56 Å². The van der Waals surface area contributed by atoms with Gasteiger partial charge in [-0.15, -0.1) is 0 Å². The number of carbonyl (C=O) groups is 1. The van der Waals surface area contributed by atoms with Crippen LogP contribution in [0, 0.1) is 13.8 Å². The third-order valence-electron chi connectivity index (χ3n) is 3.55. The fourth-order valence-electron chi connectivity index (χ4n) is 2.10. The van der Waals surface area contributed by atoms with Crippen molar-refractivity contribution in [3.63, 3.8) is 0 Å². The SMILES string of the molecule is CCOC(=O)c1cnc([S+](C)[O-])nc1NCc1ccc(C)c(C)c1. The van der Waals surface area contributed by atoms with Crippen LogP contribution in [0.15, 0.2) is 29.6 Å².